The maximum Gasteiger partial charge on any atom is 0.251 e. The van der Waals surface area contributed by atoms with Crippen LogP contribution < -0.4 is 11.1 Å². The number of aromatic nitrogens is 1. The second-order valence-corrected chi connectivity index (χ2v) is 6.98. The fourth-order valence-corrected chi connectivity index (χ4v) is 3.47. The van der Waals surface area contributed by atoms with Gasteiger partial charge in [0.05, 0.1) is 10.7 Å². The first-order chi connectivity index (χ1) is 10.6. The molecule has 5 heteroatoms. The molecule has 1 aromatic carbocycles. The van der Waals surface area contributed by atoms with Crippen LogP contribution in [-0.4, -0.2) is 23.0 Å². The Morgan fingerprint density at radius 2 is 2.09 bits per heavy atom. The topological polar surface area (TPSA) is 68.0 Å². The van der Waals surface area contributed by atoms with Crippen LogP contribution in [0.25, 0.3) is 11.3 Å². The predicted octanol–water partition coefficient (Wildman–Crippen LogP) is 3.12. The molecule has 22 heavy (non-hydrogen) atoms. The summed E-state index contributed by atoms with van der Waals surface area (Å²) in [6.07, 6.45) is 3.92. The van der Waals surface area contributed by atoms with Gasteiger partial charge in [0.15, 0.2) is 0 Å². The minimum absolute atomic E-state index is 0.00530. The quantitative estimate of drug-likeness (QED) is 0.914. The molecule has 116 valence electrons. The maximum absolute atomic E-state index is 12.4. The summed E-state index contributed by atoms with van der Waals surface area (Å²) in [6, 6.07) is 8.22. The van der Waals surface area contributed by atoms with E-state index in [1.165, 1.54) is 0 Å². The summed E-state index contributed by atoms with van der Waals surface area (Å²) in [7, 11) is 0. The molecule has 2 aromatic rings. The second-order valence-electron chi connectivity index (χ2n) is 5.92. The van der Waals surface area contributed by atoms with Crippen LogP contribution in [0, 0.1) is 6.92 Å². The van der Waals surface area contributed by atoms with E-state index in [-0.39, 0.29) is 11.9 Å². The van der Waals surface area contributed by atoms with Gasteiger partial charge in [0.25, 0.3) is 5.91 Å². The fourth-order valence-electron chi connectivity index (χ4n) is 2.85. The Bertz CT molecular complexity index is 659. The lowest BCUT2D eigenvalue weighted by Crippen LogP contribution is -2.40. The Morgan fingerprint density at radius 1 is 1.32 bits per heavy atom. The minimum Gasteiger partial charge on any atom is -0.349 e. The molecule has 1 aromatic heterocycles. The molecule has 1 heterocycles. The molecule has 0 bridgehead atoms. The molecule has 0 unspecified atom stereocenters. The van der Waals surface area contributed by atoms with Crippen molar-refractivity contribution in [2.75, 3.05) is 0 Å². The Kier molecular flexibility index (Phi) is 4.55. The zero-order valence-electron chi connectivity index (χ0n) is 12.7. The number of thiazole rings is 1. The Hall–Kier alpha value is -1.72. The number of nitrogens with one attached hydrogen (secondary N) is 1. The van der Waals surface area contributed by atoms with Crippen molar-refractivity contribution in [1.29, 1.82) is 0 Å². The first-order valence-electron chi connectivity index (χ1n) is 7.71. The molecule has 3 N–H and O–H groups in total. The average molecular weight is 315 g/mol. The number of benzene rings is 1. The summed E-state index contributed by atoms with van der Waals surface area (Å²) >= 11 is 1.62. The Morgan fingerprint density at radius 3 is 2.77 bits per heavy atom. The number of nitrogens with two attached hydrogens (primary N) is 1. The molecule has 1 aliphatic rings. The highest BCUT2D eigenvalue weighted by Gasteiger charge is 2.20. The van der Waals surface area contributed by atoms with Crippen molar-refractivity contribution in [3.63, 3.8) is 0 Å². The van der Waals surface area contributed by atoms with Gasteiger partial charge in [0, 0.05) is 28.6 Å². The zero-order valence-corrected chi connectivity index (χ0v) is 13.5. The van der Waals surface area contributed by atoms with Crippen molar-refractivity contribution in [2.45, 2.75) is 44.7 Å². The second kappa shape index (κ2) is 6.58. The van der Waals surface area contributed by atoms with Crippen molar-refractivity contribution in [3.05, 3.63) is 40.2 Å². The van der Waals surface area contributed by atoms with Gasteiger partial charge in [0.1, 0.15) is 0 Å². The van der Waals surface area contributed by atoms with E-state index in [9.17, 15) is 4.79 Å². The zero-order chi connectivity index (χ0) is 15.5. The summed E-state index contributed by atoms with van der Waals surface area (Å²) in [6.45, 7) is 1.98. The van der Waals surface area contributed by atoms with E-state index >= 15 is 0 Å². The van der Waals surface area contributed by atoms with Gasteiger partial charge in [-0.05, 0) is 44.7 Å². The summed E-state index contributed by atoms with van der Waals surface area (Å²) < 4.78 is 0. The van der Waals surface area contributed by atoms with Gasteiger partial charge in [-0.25, -0.2) is 4.98 Å². The Labute approximate surface area is 134 Å². The highest BCUT2D eigenvalue weighted by molar-refractivity contribution is 7.09. The summed E-state index contributed by atoms with van der Waals surface area (Å²) in [5, 5.41) is 6.18. The first kappa shape index (κ1) is 15.2. The maximum atomic E-state index is 12.4. The van der Waals surface area contributed by atoms with Crippen molar-refractivity contribution in [3.8, 4) is 11.3 Å². The molecule has 0 saturated heterocycles. The third-order valence-electron chi connectivity index (χ3n) is 4.15. The summed E-state index contributed by atoms with van der Waals surface area (Å²) in [5.41, 5.74) is 8.52. The Balaban J connectivity index is 1.70. The molecular weight excluding hydrogens is 294 g/mol. The third kappa shape index (κ3) is 3.54. The van der Waals surface area contributed by atoms with Crippen molar-refractivity contribution >= 4 is 17.2 Å². The van der Waals surface area contributed by atoms with E-state index < -0.39 is 0 Å². The normalized spacial score (nSPS) is 21.5. The van der Waals surface area contributed by atoms with Crippen LogP contribution in [0.4, 0.5) is 0 Å². The van der Waals surface area contributed by atoms with Crippen molar-refractivity contribution in [1.82, 2.24) is 10.3 Å². The van der Waals surface area contributed by atoms with Crippen LogP contribution >= 0.6 is 11.3 Å². The van der Waals surface area contributed by atoms with Gasteiger partial charge in [0.2, 0.25) is 0 Å². The molecule has 1 amide bonds. The number of rotatable bonds is 3. The SMILES string of the molecule is Cc1nc(-c2cccc(C(=O)NC3CCC(N)CC3)c2)cs1. The van der Waals surface area contributed by atoms with E-state index in [1.54, 1.807) is 11.3 Å². The molecule has 0 spiro atoms. The lowest BCUT2D eigenvalue weighted by atomic mass is 9.91. The third-order valence-corrected chi connectivity index (χ3v) is 4.92. The summed E-state index contributed by atoms with van der Waals surface area (Å²) in [4.78, 5) is 16.9. The molecule has 0 atom stereocenters. The van der Waals surface area contributed by atoms with Gasteiger partial charge in [-0.15, -0.1) is 11.3 Å². The van der Waals surface area contributed by atoms with Crippen LogP contribution in [0.3, 0.4) is 0 Å². The standard InChI is InChI=1S/C17H21N3OS/c1-11-19-16(10-22-11)12-3-2-4-13(9-12)17(21)20-15-7-5-14(18)6-8-15/h2-4,9-10,14-15H,5-8,18H2,1H3,(H,20,21). The molecular formula is C17H21N3OS. The van der Waals surface area contributed by atoms with Crippen LogP contribution in [0.5, 0.6) is 0 Å². The first-order valence-corrected chi connectivity index (χ1v) is 8.59. The number of hydrogen-bond acceptors (Lipinski definition) is 4. The average Bonchev–Trinajstić information content (AvgIpc) is 2.96. The van der Waals surface area contributed by atoms with Crippen molar-refractivity contribution < 1.29 is 4.79 Å². The van der Waals surface area contributed by atoms with E-state index in [4.69, 9.17) is 5.73 Å². The van der Waals surface area contributed by atoms with E-state index in [0.29, 0.717) is 11.6 Å². The van der Waals surface area contributed by atoms with Gasteiger partial charge >= 0.3 is 0 Å². The van der Waals surface area contributed by atoms with Crippen LogP contribution in [0.1, 0.15) is 41.0 Å². The lowest BCUT2D eigenvalue weighted by Gasteiger charge is -2.26. The molecule has 3 rings (SSSR count). The highest BCUT2D eigenvalue weighted by atomic mass is 32.1. The molecule has 4 nitrogen and oxygen atoms in total. The number of carbonyl (C=O) groups is 1. The molecule has 0 aliphatic heterocycles. The highest BCUT2D eigenvalue weighted by Crippen LogP contribution is 2.23. The number of aryl methyl sites for hydroxylation is 1. The minimum atomic E-state index is -0.00530. The molecule has 1 fully saturated rings. The van der Waals surface area contributed by atoms with Gasteiger partial charge in [-0.2, -0.15) is 0 Å². The van der Waals surface area contributed by atoms with Gasteiger partial charge < -0.3 is 11.1 Å². The molecule has 1 saturated carbocycles. The lowest BCUT2D eigenvalue weighted by molar-refractivity contribution is 0.0926. The predicted molar refractivity (Wildman–Crippen MR) is 90.0 cm³/mol. The number of carbonyl (C=O) groups excluding carboxylic acids is 1. The number of nitrogens with zero attached hydrogens (tertiary/aromatic N) is 1. The van der Waals surface area contributed by atoms with Crippen LogP contribution in [-0.2, 0) is 0 Å². The largest absolute Gasteiger partial charge is 0.349 e. The van der Waals surface area contributed by atoms with Gasteiger partial charge in [-0.1, -0.05) is 12.1 Å². The fraction of sp³-hybridized carbons (Fsp3) is 0.412. The monoisotopic (exact) mass is 315 g/mol. The summed E-state index contributed by atoms with van der Waals surface area (Å²) in [5.74, 6) is -0.00530. The molecule has 0 radical (unpaired) electrons. The van der Waals surface area contributed by atoms with Gasteiger partial charge in [-0.3, -0.25) is 4.79 Å². The van der Waals surface area contributed by atoms with E-state index in [1.807, 2.05) is 36.6 Å². The van der Waals surface area contributed by atoms with Crippen molar-refractivity contribution in [2.24, 2.45) is 5.73 Å². The number of amides is 1. The number of hydrogen-bond donors (Lipinski definition) is 2. The van der Waals surface area contributed by atoms with E-state index in [2.05, 4.69) is 10.3 Å². The molecule has 1 aliphatic carbocycles. The smallest absolute Gasteiger partial charge is 0.251 e. The van der Waals surface area contributed by atoms with E-state index in [0.717, 1.165) is 41.9 Å². The van der Waals surface area contributed by atoms with Crippen LogP contribution in [0.15, 0.2) is 29.6 Å². The van der Waals surface area contributed by atoms with Crippen LogP contribution in [0.2, 0.25) is 0 Å².